The van der Waals surface area contributed by atoms with Crippen LogP contribution in [0.1, 0.15) is 46.0 Å². The molecule has 3 aromatic rings. The first-order valence-corrected chi connectivity index (χ1v) is 11.8. The van der Waals surface area contributed by atoms with E-state index < -0.39 is 0 Å². The number of carbonyl (C=O) groups excluding carboxylic acids is 1. The first-order chi connectivity index (χ1) is 14.4. The fourth-order valence-corrected chi connectivity index (χ4v) is 4.94. The van der Waals surface area contributed by atoms with Gasteiger partial charge in [0.2, 0.25) is 11.7 Å². The van der Waals surface area contributed by atoms with Gasteiger partial charge in [-0.05, 0) is 37.0 Å². The van der Waals surface area contributed by atoms with Crippen molar-refractivity contribution in [1.82, 2.24) is 24.5 Å². The molecular weight excluding hydrogens is 422 g/mol. The molecule has 1 amide bonds. The Labute approximate surface area is 184 Å². The third-order valence-corrected chi connectivity index (χ3v) is 6.55. The monoisotopic (exact) mass is 447 g/mol. The van der Waals surface area contributed by atoms with E-state index in [0.717, 1.165) is 12.8 Å². The van der Waals surface area contributed by atoms with Crippen molar-refractivity contribution >= 4 is 46.0 Å². The summed E-state index contributed by atoms with van der Waals surface area (Å²) in [5.41, 5.74) is 0.546. The number of amides is 1. The van der Waals surface area contributed by atoms with Crippen molar-refractivity contribution in [1.29, 1.82) is 0 Å². The molecule has 0 radical (unpaired) electrons. The second kappa shape index (κ2) is 8.98. The van der Waals surface area contributed by atoms with Crippen molar-refractivity contribution in [2.45, 2.75) is 63.7 Å². The van der Waals surface area contributed by atoms with Gasteiger partial charge in [-0.2, -0.15) is 0 Å². The van der Waals surface area contributed by atoms with Crippen LogP contribution in [0.25, 0.3) is 16.7 Å². The quantitative estimate of drug-likeness (QED) is 0.579. The first kappa shape index (κ1) is 21.2. The Kier molecular flexibility index (Phi) is 6.34. The van der Waals surface area contributed by atoms with Gasteiger partial charge in [0, 0.05) is 17.6 Å². The van der Waals surface area contributed by atoms with Gasteiger partial charge in [-0.1, -0.05) is 56.5 Å². The molecule has 7 nitrogen and oxygen atoms in total. The lowest BCUT2D eigenvalue weighted by Crippen LogP contribution is -2.37. The summed E-state index contributed by atoms with van der Waals surface area (Å²) >= 11 is 7.54. The summed E-state index contributed by atoms with van der Waals surface area (Å²) in [6.45, 7) is 4.64. The zero-order valence-electron chi connectivity index (χ0n) is 17.2. The van der Waals surface area contributed by atoms with Gasteiger partial charge in [0.05, 0.1) is 16.7 Å². The second-order valence-corrected chi connectivity index (χ2v) is 9.66. The molecule has 2 heterocycles. The maximum absolute atomic E-state index is 13.1. The van der Waals surface area contributed by atoms with Crippen molar-refractivity contribution in [3.63, 3.8) is 0 Å². The Morgan fingerprint density at radius 2 is 2.03 bits per heavy atom. The van der Waals surface area contributed by atoms with Gasteiger partial charge in [-0.15, -0.1) is 10.2 Å². The van der Waals surface area contributed by atoms with Crippen LogP contribution in [0.4, 0.5) is 0 Å². The van der Waals surface area contributed by atoms with Crippen molar-refractivity contribution < 1.29 is 4.79 Å². The normalized spacial score (nSPS) is 15.3. The van der Waals surface area contributed by atoms with Gasteiger partial charge in [0.15, 0.2) is 5.16 Å². The van der Waals surface area contributed by atoms with Crippen LogP contribution >= 0.6 is 23.4 Å². The Bertz CT molecular complexity index is 1130. The van der Waals surface area contributed by atoms with Crippen molar-refractivity contribution in [2.75, 3.05) is 5.75 Å². The lowest BCUT2D eigenvalue weighted by Gasteiger charge is -2.22. The molecule has 0 atom stereocenters. The van der Waals surface area contributed by atoms with E-state index in [9.17, 15) is 9.59 Å². The van der Waals surface area contributed by atoms with Gasteiger partial charge in [0.1, 0.15) is 0 Å². The van der Waals surface area contributed by atoms with Crippen LogP contribution in [0.2, 0.25) is 5.02 Å². The van der Waals surface area contributed by atoms with E-state index in [0.29, 0.717) is 33.4 Å². The minimum atomic E-state index is -0.109. The molecule has 30 heavy (non-hydrogen) atoms. The van der Waals surface area contributed by atoms with Crippen molar-refractivity contribution in [3.8, 4) is 0 Å². The van der Waals surface area contributed by atoms with Crippen molar-refractivity contribution in [3.05, 3.63) is 33.6 Å². The lowest BCUT2D eigenvalue weighted by molar-refractivity contribution is -0.119. The fraction of sp³-hybridized carbons (Fsp3) is 0.524. The molecule has 0 aliphatic heterocycles. The largest absolute Gasteiger partial charge is 0.353 e. The van der Waals surface area contributed by atoms with E-state index in [-0.39, 0.29) is 29.2 Å². The number of hydrogen-bond acceptors (Lipinski definition) is 5. The number of rotatable bonds is 6. The molecule has 1 aliphatic rings. The number of aromatic nitrogens is 4. The number of nitrogens with zero attached hydrogens (tertiary/aromatic N) is 4. The van der Waals surface area contributed by atoms with Crippen molar-refractivity contribution in [2.24, 2.45) is 5.92 Å². The molecule has 9 heteroatoms. The van der Waals surface area contributed by atoms with Crippen LogP contribution in [-0.4, -0.2) is 36.9 Å². The SMILES string of the molecule is CC(C)Cn1c(=O)c2ccc(Cl)cc2n2c(SCC(=O)NC3CCCCC3)nnc12. The van der Waals surface area contributed by atoms with Crippen LogP contribution in [0, 0.1) is 5.92 Å². The zero-order chi connectivity index (χ0) is 21.3. The maximum atomic E-state index is 13.1. The molecule has 160 valence electrons. The smallest absolute Gasteiger partial charge is 0.262 e. The average molecular weight is 448 g/mol. The molecule has 0 unspecified atom stereocenters. The Morgan fingerprint density at radius 3 is 2.77 bits per heavy atom. The summed E-state index contributed by atoms with van der Waals surface area (Å²) < 4.78 is 3.49. The number of fused-ring (bicyclic) bond motifs is 3. The van der Waals surface area contributed by atoms with E-state index in [4.69, 9.17) is 11.6 Å². The summed E-state index contributed by atoms with van der Waals surface area (Å²) in [7, 11) is 0. The third kappa shape index (κ3) is 4.34. The van der Waals surface area contributed by atoms with Crippen LogP contribution in [-0.2, 0) is 11.3 Å². The Balaban J connectivity index is 1.67. The number of benzene rings is 1. The molecule has 0 spiro atoms. The first-order valence-electron chi connectivity index (χ1n) is 10.4. The minimum absolute atomic E-state index is 0.00138. The van der Waals surface area contributed by atoms with Crippen LogP contribution in [0.3, 0.4) is 0 Å². The maximum Gasteiger partial charge on any atom is 0.262 e. The number of nitrogens with one attached hydrogen (secondary N) is 1. The summed E-state index contributed by atoms with van der Waals surface area (Å²) in [5.74, 6) is 0.994. The molecule has 2 aromatic heterocycles. The number of hydrogen-bond donors (Lipinski definition) is 1. The summed E-state index contributed by atoms with van der Waals surface area (Å²) in [4.78, 5) is 25.5. The van der Waals surface area contributed by atoms with Gasteiger partial charge < -0.3 is 5.32 Å². The highest BCUT2D eigenvalue weighted by Crippen LogP contribution is 2.24. The molecule has 1 aliphatic carbocycles. The van der Waals surface area contributed by atoms with Gasteiger partial charge in [-0.3, -0.25) is 18.6 Å². The molecule has 0 bridgehead atoms. The highest BCUT2D eigenvalue weighted by molar-refractivity contribution is 7.99. The van der Waals surface area contributed by atoms with Crippen LogP contribution < -0.4 is 10.9 Å². The predicted molar refractivity (Wildman–Crippen MR) is 120 cm³/mol. The number of thioether (sulfide) groups is 1. The van der Waals surface area contributed by atoms with E-state index in [1.165, 1.54) is 31.0 Å². The van der Waals surface area contributed by atoms with E-state index in [1.54, 1.807) is 22.8 Å². The number of halogens is 1. The van der Waals surface area contributed by atoms with Gasteiger partial charge >= 0.3 is 0 Å². The molecule has 0 saturated heterocycles. The third-order valence-electron chi connectivity index (χ3n) is 5.38. The second-order valence-electron chi connectivity index (χ2n) is 8.28. The topological polar surface area (TPSA) is 81.3 Å². The summed E-state index contributed by atoms with van der Waals surface area (Å²) in [6, 6.07) is 5.48. The molecule has 4 rings (SSSR count). The summed E-state index contributed by atoms with van der Waals surface area (Å²) in [5, 5.41) is 13.4. The number of carbonyl (C=O) groups is 1. The highest BCUT2D eigenvalue weighted by Gasteiger charge is 2.20. The molecule has 1 aromatic carbocycles. The van der Waals surface area contributed by atoms with E-state index in [1.807, 2.05) is 4.40 Å². The summed E-state index contributed by atoms with van der Waals surface area (Å²) in [6.07, 6.45) is 5.70. The zero-order valence-corrected chi connectivity index (χ0v) is 18.8. The fourth-order valence-electron chi connectivity index (χ4n) is 4.02. The lowest BCUT2D eigenvalue weighted by atomic mass is 9.95. The van der Waals surface area contributed by atoms with Gasteiger partial charge in [0.25, 0.3) is 5.56 Å². The predicted octanol–water partition coefficient (Wildman–Crippen LogP) is 3.89. The Hall–Kier alpha value is -2.06. The molecular formula is C21H26ClN5O2S. The minimum Gasteiger partial charge on any atom is -0.353 e. The average Bonchev–Trinajstić information content (AvgIpc) is 3.14. The van der Waals surface area contributed by atoms with Crippen LogP contribution in [0.5, 0.6) is 0 Å². The van der Waals surface area contributed by atoms with Gasteiger partial charge in [-0.25, -0.2) is 0 Å². The Morgan fingerprint density at radius 1 is 1.27 bits per heavy atom. The highest BCUT2D eigenvalue weighted by atomic mass is 35.5. The standard InChI is InChI=1S/C21H26ClN5O2S/c1-13(2)11-26-19(29)16-9-8-14(22)10-17(16)27-20(26)24-25-21(27)30-12-18(28)23-15-6-4-3-5-7-15/h8-10,13,15H,3-7,11-12H2,1-2H3,(H,23,28). The molecule has 1 fully saturated rings. The molecule has 1 saturated carbocycles. The van der Waals surface area contributed by atoms with E-state index >= 15 is 0 Å². The molecule has 1 N–H and O–H groups in total. The van der Waals surface area contributed by atoms with E-state index in [2.05, 4.69) is 29.4 Å². The van der Waals surface area contributed by atoms with Crippen LogP contribution in [0.15, 0.2) is 28.2 Å².